The monoisotopic (exact) mass is 285 g/mol. The maximum atomic E-state index is 5.82. The second-order valence-corrected chi connectivity index (χ2v) is 4.22. The Morgan fingerprint density at radius 1 is 1.33 bits per heavy atom. The van der Waals surface area contributed by atoms with Gasteiger partial charge in [-0.15, -0.1) is 0 Å². The van der Waals surface area contributed by atoms with E-state index in [2.05, 4.69) is 20.9 Å². The van der Waals surface area contributed by atoms with Crippen molar-refractivity contribution in [2.45, 2.75) is 13.3 Å². The first-order chi connectivity index (χ1) is 7.20. The largest absolute Gasteiger partial charge is 0.431 e. The lowest BCUT2D eigenvalue weighted by atomic mass is 10.1. The van der Waals surface area contributed by atoms with Gasteiger partial charge >= 0.3 is 0 Å². The van der Waals surface area contributed by atoms with E-state index in [4.69, 9.17) is 16.0 Å². The van der Waals surface area contributed by atoms with Gasteiger partial charge in [-0.05, 0) is 30.7 Å². The van der Waals surface area contributed by atoms with Gasteiger partial charge in [0.25, 0.3) is 4.80 Å². The molecule has 4 heteroatoms. The highest BCUT2D eigenvalue weighted by Gasteiger charge is 2.11. The van der Waals surface area contributed by atoms with Crippen LogP contribution in [0.15, 0.2) is 33.5 Å². The molecule has 2 aromatic rings. The Bertz CT molecular complexity index is 464. The lowest BCUT2D eigenvalue weighted by Crippen LogP contribution is -1.83. The third kappa shape index (κ3) is 2.24. The average molecular weight is 287 g/mol. The van der Waals surface area contributed by atoms with Crippen LogP contribution in [0, 0.1) is 0 Å². The van der Waals surface area contributed by atoms with E-state index in [0.717, 1.165) is 28.5 Å². The number of nitrogens with zero attached hydrogens (tertiary/aromatic N) is 1. The van der Waals surface area contributed by atoms with Gasteiger partial charge in [-0.1, -0.05) is 18.5 Å². The Hall–Kier alpha value is -0.800. The average Bonchev–Trinajstić information content (AvgIpc) is 2.61. The zero-order valence-corrected chi connectivity index (χ0v) is 10.5. The van der Waals surface area contributed by atoms with E-state index in [-0.39, 0.29) is 0 Å². The molecule has 15 heavy (non-hydrogen) atoms. The van der Waals surface area contributed by atoms with E-state index in [1.165, 1.54) is 0 Å². The van der Waals surface area contributed by atoms with Gasteiger partial charge in [-0.25, -0.2) is 4.98 Å². The molecule has 1 heterocycles. The summed E-state index contributed by atoms with van der Waals surface area (Å²) in [5, 5.41) is 0.718. The lowest BCUT2D eigenvalue weighted by Gasteiger charge is -1.98. The van der Waals surface area contributed by atoms with Crippen LogP contribution in [0.5, 0.6) is 0 Å². The van der Waals surface area contributed by atoms with E-state index in [9.17, 15) is 0 Å². The number of rotatable bonds is 2. The Morgan fingerprint density at radius 3 is 2.60 bits per heavy atom. The van der Waals surface area contributed by atoms with Crippen LogP contribution >= 0.6 is 27.5 Å². The number of halogens is 2. The second kappa shape index (κ2) is 4.37. The van der Waals surface area contributed by atoms with Crippen molar-refractivity contribution in [2.75, 3.05) is 0 Å². The van der Waals surface area contributed by atoms with Gasteiger partial charge < -0.3 is 4.42 Å². The van der Waals surface area contributed by atoms with Crippen molar-refractivity contribution < 1.29 is 4.42 Å². The maximum absolute atomic E-state index is 5.82. The summed E-state index contributed by atoms with van der Waals surface area (Å²) in [6.45, 7) is 2.05. The fraction of sp³-hybridized carbons (Fsp3) is 0.182. The van der Waals surface area contributed by atoms with Gasteiger partial charge in [0.05, 0.1) is 5.69 Å². The molecule has 0 radical (unpaired) electrons. The molecular formula is C11H9BrClNO. The summed E-state index contributed by atoms with van der Waals surface area (Å²) in [5.74, 6) is 0.807. The van der Waals surface area contributed by atoms with Crippen molar-refractivity contribution in [1.29, 1.82) is 0 Å². The molecule has 78 valence electrons. The quantitative estimate of drug-likeness (QED) is 0.822. The summed E-state index contributed by atoms with van der Waals surface area (Å²) >= 11 is 9.05. The van der Waals surface area contributed by atoms with Crippen molar-refractivity contribution in [3.63, 3.8) is 0 Å². The minimum Gasteiger partial charge on any atom is -0.431 e. The Balaban J connectivity index is 2.48. The fourth-order valence-corrected chi connectivity index (χ4v) is 1.89. The highest BCUT2D eigenvalue weighted by molar-refractivity contribution is 9.10. The van der Waals surface area contributed by atoms with Gasteiger partial charge in [-0.3, -0.25) is 0 Å². The molecule has 0 aliphatic carbocycles. The lowest BCUT2D eigenvalue weighted by molar-refractivity contribution is 0.542. The number of aromatic nitrogens is 1. The van der Waals surface area contributed by atoms with E-state index in [0.29, 0.717) is 4.80 Å². The van der Waals surface area contributed by atoms with E-state index < -0.39 is 0 Å². The first-order valence-electron chi connectivity index (χ1n) is 4.62. The predicted molar refractivity (Wildman–Crippen MR) is 64.0 cm³/mol. The van der Waals surface area contributed by atoms with Crippen LogP contribution in [0.25, 0.3) is 11.3 Å². The molecule has 0 aliphatic heterocycles. The minimum atomic E-state index is 0.518. The van der Waals surface area contributed by atoms with Crippen molar-refractivity contribution in [3.05, 3.63) is 39.8 Å². The van der Waals surface area contributed by atoms with Crippen molar-refractivity contribution >= 4 is 27.5 Å². The molecule has 0 aliphatic rings. The zero-order chi connectivity index (χ0) is 10.8. The Kier molecular flexibility index (Phi) is 3.12. The zero-order valence-electron chi connectivity index (χ0n) is 8.13. The van der Waals surface area contributed by atoms with E-state index in [1.54, 1.807) is 0 Å². The fourth-order valence-electron chi connectivity index (χ4n) is 1.39. The summed E-state index contributed by atoms with van der Waals surface area (Å²) < 4.78 is 5.49. The molecule has 0 saturated heterocycles. The highest BCUT2D eigenvalue weighted by Crippen LogP contribution is 2.28. The van der Waals surface area contributed by atoms with Crippen molar-refractivity contribution in [1.82, 2.24) is 4.98 Å². The summed E-state index contributed by atoms with van der Waals surface area (Å²) in [5.41, 5.74) is 1.94. The molecular weight excluding hydrogens is 277 g/mol. The van der Waals surface area contributed by atoms with Gasteiger partial charge in [0.2, 0.25) is 0 Å². The smallest absolute Gasteiger partial charge is 0.264 e. The van der Waals surface area contributed by atoms with Crippen LogP contribution in [0.4, 0.5) is 0 Å². The molecule has 0 amide bonds. The van der Waals surface area contributed by atoms with E-state index >= 15 is 0 Å². The van der Waals surface area contributed by atoms with Crippen LogP contribution in [-0.2, 0) is 6.42 Å². The van der Waals surface area contributed by atoms with Crippen LogP contribution in [0.1, 0.15) is 12.6 Å². The third-order valence-electron chi connectivity index (χ3n) is 2.11. The number of aryl methyl sites for hydroxylation is 1. The van der Waals surface area contributed by atoms with Crippen molar-refractivity contribution in [2.24, 2.45) is 0 Å². The molecule has 2 nitrogen and oxygen atoms in total. The molecule has 0 unspecified atom stereocenters. The first-order valence-corrected chi connectivity index (χ1v) is 5.79. The predicted octanol–water partition coefficient (Wildman–Crippen LogP) is 4.32. The first kappa shape index (κ1) is 10.7. The summed E-state index contributed by atoms with van der Waals surface area (Å²) in [6.07, 6.45) is 0.840. The standard InChI is InChI=1S/C11H9BrClNO/c1-2-9-10(15-11(12)14-9)7-3-5-8(13)6-4-7/h3-6H,2H2,1H3. The molecule has 0 saturated carbocycles. The Labute approximate surface area is 101 Å². The topological polar surface area (TPSA) is 26.0 Å². The second-order valence-electron chi connectivity index (χ2n) is 3.10. The minimum absolute atomic E-state index is 0.518. The van der Waals surface area contributed by atoms with Gasteiger partial charge in [-0.2, -0.15) is 0 Å². The van der Waals surface area contributed by atoms with E-state index in [1.807, 2.05) is 31.2 Å². The molecule has 1 aromatic heterocycles. The molecule has 2 rings (SSSR count). The molecule has 0 atom stereocenters. The molecule has 0 N–H and O–H groups in total. The Morgan fingerprint density at radius 2 is 2.00 bits per heavy atom. The third-order valence-corrected chi connectivity index (χ3v) is 2.70. The highest BCUT2D eigenvalue weighted by atomic mass is 79.9. The SMILES string of the molecule is CCc1nc(Br)oc1-c1ccc(Cl)cc1. The van der Waals surface area contributed by atoms with Gasteiger partial charge in [0.1, 0.15) is 0 Å². The van der Waals surface area contributed by atoms with Gasteiger partial charge in [0.15, 0.2) is 5.76 Å². The molecule has 0 bridgehead atoms. The molecule has 0 spiro atoms. The van der Waals surface area contributed by atoms with Crippen LogP contribution in [0.3, 0.4) is 0 Å². The normalized spacial score (nSPS) is 10.6. The summed E-state index contributed by atoms with van der Waals surface area (Å²) in [6, 6.07) is 7.53. The maximum Gasteiger partial charge on any atom is 0.264 e. The number of hydrogen-bond donors (Lipinski definition) is 0. The number of benzene rings is 1. The van der Waals surface area contributed by atoms with Crippen LogP contribution < -0.4 is 0 Å². The molecule has 1 aromatic carbocycles. The number of hydrogen-bond acceptors (Lipinski definition) is 2. The molecule has 0 fully saturated rings. The van der Waals surface area contributed by atoms with Gasteiger partial charge in [0, 0.05) is 26.5 Å². The van der Waals surface area contributed by atoms with Crippen LogP contribution in [0.2, 0.25) is 5.02 Å². The summed E-state index contributed by atoms with van der Waals surface area (Å²) in [7, 11) is 0. The van der Waals surface area contributed by atoms with Crippen LogP contribution in [-0.4, -0.2) is 4.98 Å². The van der Waals surface area contributed by atoms with Crippen molar-refractivity contribution in [3.8, 4) is 11.3 Å². The number of oxazole rings is 1. The summed E-state index contributed by atoms with van der Waals surface area (Å²) in [4.78, 5) is 4.76.